The van der Waals surface area contributed by atoms with Crippen molar-refractivity contribution in [1.82, 2.24) is 0 Å². The molecule has 0 unspecified atom stereocenters. The minimum Gasteiger partial charge on any atom is -0.390 e. The summed E-state index contributed by atoms with van der Waals surface area (Å²) in [5.74, 6) is 1.42. The molecule has 0 saturated heterocycles. The van der Waals surface area contributed by atoms with E-state index in [9.17, 15) is 5.11 Å². The number of aliphatic hydroxyl groups is 1. The summed E-state index contributed by atoms with van der Waals surface area (Å²) in [4.78, 5) is 0. The quantitative estimate of drug-likeness (QED) is 0.841. The highest BCUT2D eigenvalue weighted by Crippen LogP contribution is 2.43. The Morgan fingerprint density at radius 2 is 1.71 bits per heavy atom. The van der Waals surface area contributed by atoms with Crippen LogP contribution in [0, 0.1) is 11.8 Å². The summed E-state index contributed by atoms with van der Waals surface area (Å²) < 4.78 is 0. The average Bonchev–Trinajstić information content (AvgIpc) is 2.26. The Morgan fingerprint density at radius 1 is 1.18 bits per heavy atom. The standard InChI is InChI=1S/C16H24O/c1-4-13-5-7-14(8-6-13)9-16(17)10-15(11-16)12(2)3/h5-8,12,15,17H,4,9-11H2,1-3H3. The number of benzene rings is 1. The minimum atomic E-state index is -0.428. The average molecular weight is 232 g/mol. The van der Waals surface area contributed by atoms with Gasteiger partial charge in [0, 0.05) is 6.42 Å². The summed E-state index contributed by atoms with van der Waals surface area (Å²) in [6.07, 6.45) is 3.85. The summed E-state index contributed by atoms with van der Waals surface area (Å²) in [6, 6.07) is 8.69. The topological polar surface area (TPSA) is 20.2 Å². The van der Waals surface area contributed by atoms with Gasteiger partial charge >= 0.3 is 0 Å². The largest absolute Gasteiger partial charge is 0.390 e. The van der Waals surface area contributed by atoms with Crippen LogP contribution in [0.5, 0.6) is 0 Å². The third-order valence-corrected chi connectivity index (χ3v) is 4.19. The van der Waals surface area contributed by atoms with Gasteiger partial charge in [0.1, 0.15) is 0 Å². The number of hydrogen-bond acceptors (Lipinski definition) is 1. The highest BCUT2D eigenvalue weighted by Gasteiger charge is 2.43. The van der Waals surface area contributed by atoms with Gasteiger partial charge in [-0.2, -0.15) is 0 Å². The Hall–Kier alpha value is -0.820. The predicted octanol–water partition coefficient (Wildman–Crippen LogP) is 3.59. The molecule has 0 bridgehead atoms. The first-order chi connectivity index (χ1) is 8.02. The molecule has 0 radical (unpaired) electrons. The lowest BCUT2D eigenvalue weighted by Crippen LogP contribution is -2.47. The molecule has 2 rings (SSSR count). The van der Waals surface area contributed by atoms with Crippen LogP contribution in [0.4, 0.5) is 0 Å². The molecule has 1 aliphatic carbocycles. The third-order valence-electron chi connectivity index (χ3n) is 4.19. The fraction of sp³-hybridized carbons (Fsp3) is 0.625. The number of aryl methyl sites for hydroxylation is 1. The third kappa shape index (κ3) is 2.90. The first-order valence-electron chi connectivity index (χ1n) is 6.82. The van der Waals surface area contributed by atoms with E-state index in [1.54, 1.807) is 0 Å². The molecule has 1 nitrogen and oxygen atoms in total. The molecular weight excluding hydrogens is 208 g/mol. The summed E-state index contributed by atoms with van der Waals surface area (Å²) >= 11 is 0. The molecule has 94 valence electrons. The maximum atomic E-state index is 10.4. The zero-order valence-electron chi connectivity index (χ0n) is 11.2. The lowest BCUT2D eigenvalue weighted by atomic mass is 9.64. The molecule has 0 atom stereocenters. The molecule has 0 aliphatic heterocycles. The molecular formula is C16H24O. The van der Waals surface area contributed by atoms with Crippen LogP contribution in [0.2, 0.25) is 0 Å². The van der Waals surface area contributed by atoms with Gasteiger partial charge in [0.15, 0.2) is 0 Å². The van der Waals surface area contributed by atoms with Crippen molar-refractivity contribution in [2.75, 3.05) is 0 Å². The summed E-state index contributed by atoms with van der Waals surface area (Å²) in [6.45, 7) is 6.67. The van der Waals surface area contributed by atoms with Gasteiger partial charge in [-0.3, -0.25) is 0 Å². The zero-order chi connectivity index (χ0) is 12.5. The van der Waals surface area contributed by atoms with Crippen LogP contribution in [0.15, 0.2) is 24.3 Å². The molecule has 1 heteroatoms. The van der Waals surface area contributed by atoms with Crippen LogP contribution in [0.1, 0.15) is 44.7 Å². The Labute approximate surface area is 105 Å². The Morgan fingerprint density at radius 3 is 2.18 bits per heavy atom. The van der Waals surface area contributed by atoms with Crippen LogP contribution < -0.4 is 0 Å². The minimum absolute atomic E-state index is 0.428. The van der Waals surface area contributed by atoms with Crippen molar-refractivity contribution in [3.63, 3.8) is 0 Å². The van der Waals surface area contributed by atoms with Crippen molar-refractivity contribution in [2.45, 2.75) is 52.1 Å². The maximum Gasteiger partial charge on any atom is 0.0693 e. The maximum absolute atomic E-state index is 10.4. The van der Waals surface area contributed by atoms with Crippen molar-refractivity contribution < 1.29 is 5.11 Å². The van der Waals surface area contributed by atoms with E-state index >= 15 is 0 Å². The van der Waals surface area contributed by atoms with Crippen molar-refractivity contribution in [3.05, 3.63) is 35.4 Å². The van der Waals surface area contributed by atoms with Crippen molar-refractivity contribution in [2.24, 2.45) is 11.8 Å². The zero-order valence-corrected chi connectivity index (χ0v) is 11.2. The molecule has 1 aromatic carbocycles. The molecule has 17 heavy (non-hydrogen) atoms. The second-order valence-electron chi connectivity index (χ2n) is 5.98. The molecule has 1 aromatic rings. The lowest BCUT2D eigenvalue weighted by Gasteiger charge is -2.46. The molecule has 1 N–H and O–H groups in total. The Kier molecular flexibility index (Phi) is 3.58. The fourth-order valence-electron chi connectivity index (χ4n) is 2.80. The summed E-state index contributed by atoms with van der Waals surface area (Å²) in [5.41, 5.74) is 2.21. The van der Waals surface area contributed by atoms with Gasteiger partial charge in [0.2, 0.25) is 0 Å². The molecule has 0 amide bonds. The van der Waals surface area contributed by atoms with Crippen LogP contribution in [0.25, 0.3) is 0 Å². The summed E-state index contributed by atoms with van der Waals surface area (Å²) in [5, 5.41) is 10.4. The fourth-order valence-corrected chi connectivity index (χ4v) is 2.80. The smallest absolute Gasteiger partial charge is 0.0693 e. The normalized spacial score (nSPS) is 28.2. The monoisotopic (exact) mass is 232 g/mol. The summed E-state index contributed by atoms with van der Waals surface area (Å²) in [7, 11) is 0. The van der Waals surface area contributed by atoms with Gasteiger partial charge < -0.3 is 5.11 Å². The van der Waals surface area contributed by atoms with Crippen molar-refractivity contribution in [3.8, 4) is 0 Å². The second-order valence-corrected chi connectivity index (χ2v) is 5.98. The lowest BCUT2D eigenvalue weighted by molar-refractivity contribution is -0.0860. The van der Waals surface area contributed by atoms with E-state index in [0.717, 1.165) is 31.6 Å². The van der Waals surface area contributed by atoms with Gasteiger partial charge in [0.05, 0.1) is 5.60 Å². The molecule has 1 fully saturated rings. The molecule has 1 saturated carbocycles. The highest BCUT2D eigenvalue weighted by molar-refractivity contribution is 5.24. The van der Waals surface area contributed by atoms with Gasteiger partial charge in [-0.05, 0) is 42.2 Å². The van der Waals surface area contributed by atoms with Crippen molar-refractivity contribution in [1.29, 1.82) is 0 Å². The Bertz CT molecular complexity index is 358. The first kappa shape index (κ1) is 12.6. The van der Waals surface area contributed by atoms with Gasteiger partial charge in [-0.1, -0.05) is 45.0 Å². The van der Waals surface area contributed by atoms with Crippen LogP contribution in [-0.4, -0.2) is 10.7 Å². The van der Waals surface area contributed by atoms with Crippen molar-refractivity contribution >= 4 is 0 Å². The van der Waals surface area contributed by atoms with Gasteiger partial charge in [-0.15, -0.1) is 0 Å². The molecule has 0 spiro atoms. The predicted molar refractivity (Wildman–Crippen MR) is 72.0 cm³/mol. The van der Waals surface area contributed by atoms with E-state index in [0.29, 0.717) is 5.92 Å². The second kappa shape index (κ2) is 4.81. The van der Waals surface area contributed by atoms with E-state index in [2.05, 4.69) is 45.0 Å². The van der Waals surface area contributed by atoms with E-state index in [-0.39, 0.29) is 0 Å². The van der Waals surface area contributed by atoms with Gasteiger partial charge in [-0.25, -0.2) is 0 Å². The highest BCUT2D eigenvalue weighted by atomic mass is 16.3. The van der Waals surface area contributed by atoms with Gasteiger partial charge in [0.25, 0.3) is 0 Å². The van der Waals surface area contributed by atoms with Crippen LogP contribution >= 0.6 is 0 Å². The Balaban J connectivity index is 1.93. The molecule has 0 aromatic heterocycles. The van der Waals surface area contributed by atoms with E-state index in [4.69, 9.17) is 0 Å². The number of rotatable bonds is 4. The molecule has 0 heterocycles. The van der Waals surface area contributed by atoms with Crippen LogP contribution in [-0.2, 0) is 12.8 Å². The van der Waals surface area contributed by atoms with E-state index < -0.39 is 5.60 Å². The SMILES string of the molecule is CCc1ccc(CC2(O)CC(C(C)C)C2)cc1. The van der Waals surface area contributed by atoms with E-state index in [1.807, 2.05) is 0 Å². The van der Waals surface area contributed by atoms with Crippen LogP contribution in [0.3, 0.4) is 0 Å². The first-order valence-corrected chi connectivity index (χ1v) is 6.82. The number of hydrogen-bond donors (Lipinski definition) is 1. The molecule has 1 aliphatic rings. The van der Waals surface area contributed by atoms with E-state index in [1.165, 1.54) is 11.1 Å².